The van der Waals surface area contributed by atoms with Gasteiger partial charge < -0.3 is 9.32 Å². The molecule has 2 rings (SSSR count). The summed E-state index contributed by atoms with van der Waals surface area (Å²) in [5, 5.41) is 0. The fraction of sp³-hybridized carbons (Fsp3) is 0.538. The highest BCUT2D eigenvalue weighted by molar-refractivity contribution is 5.94. The van der Waals surface area contributed by atoms with Crippen molar-refractivity contribution in [1.82, 2.24) is 10.3 Å². The lowest BCUT2D eigenvalue weighted by Crippen LogP contribution is -2.34. The van der Waals surface area contributed by atoms with E-state index in [9.17, 15) is 9.59 Å². The normalized spacial score (nSPS) is 16.9. The molecule has 0 unspecified atom stereocenters. The third-order valence-electron chi connectivity index (χ3n) is 3.38. The molecule has 6 nitrogen and oxygen atoms in total. The van der Waals surface area contributed by atoms with Crippen LogP contribution in [-0.4, -0.2) is 23.3 Å². The molecule has 6 heteroatoms. The molecule has 2 heterocycles. The zero-order valence-corrected chi connectivity index (χ0v) is 10.9. The van der Waals surface area contributed by atoms with Crippen molar-refractivity contribution in [1.29, 1.82) is 0 Å². The lowest BCUT2D eigenvalue weighted by molar-refractivity contribution is -0.132. The van der Waals surface area contributed by atoms with E-state index < -0.39 is 5.91 Å². The third-order valence-corrected chi connectivity index (χ3v) is 3.38. The molecule has 104 valence electrons. The number of carbonyl (C=O) groups excluding carboxylic acids is 2. The van der Waals surface area contributed by atoms with Crippen molar-refractivity contribution in [3.63, 3.8) is 0 Å². The summed E-state index contributed by atoms with van der Waals surface area (Å²) >= 11 is 0. The summed E-state index contributed by atoms with van der Waals surface area (Å²) in [6.45, 7) is 1.04. The smallest absolute Gasteiger partial charge is 0.268 e. The van der Waals surface area contributed by atoms with E-state index in [2.05, 4.69) is 5.43 Å². The molecule has 0 radical (unpaired) electrons. The molecule has 0 atom stereocenters. The number of nitrogens with two attached hydrogens (primary N) is 1. The molecule has 0 aliphatic carbocycles. The van der Waals surface area contributed by atoms with E-state index in [1.54, 1.807) is 11.0 Å². The Morgan fingerprint density at radius 1 is 1.37 bits per heavy atom. The van der Waals surface area contributed by atoms with E-state index in [0.29, 0.717) is 30.8 Å². The minimum absolute atomic E-state index is 0.121. The maximum atomic E-state index is 12.0. The molecule has 19 heavy (non-hydrogen) atoms. The highest BCUT2D eigenvalue weighted by Crippen LogP contribution is 2.17. The summed E-state index contributed by atoms with van der Waals surface area (Å²) in [4.78, 5) is 25.3. The topological polar surface area (TPSA) is 88.6 Å². The number of rotatable bonds is 3. The van der Waals surface area contributed by atoms with Crippen molar-refractivity contribution in [2.75, 3.05) is 6.54 Å². The number of nitrogens with one attached hydrogen (secondary N) is 1. The lowest BCUT2D eigenvalue weighted by atomic mass is 10.1. The van der Waals surface area contributed by atoms with Crippen molar-refractivity contribution in [3.8, 4) is 0 Å². The van der Waals surface area contributed by atoms with Crippen LogP contribution < -0.4 is 11.3 Å². The van der Waals surface area contributed by atoms with Gasteiger partial charge in [0.15, 0.2) is 0 Å². The monoisotopic (exact) mass is 265 g/mol. The van der Waals surface area contributed by atoms with Crippen LogP contribution in [-0.2, 0) is 11.3 Å². The molecular weight excluding hydrogens is 246 g/mol. The first kappa shape index (κ1) is 13.6. The van der Waals surface area contributed by atoms with Crippen molar-refractivity contribution < 1.29 is 14.0 Å². The SMILES string of the molecule is NNC(=O)c1ccoc1CN1CCCCCCC1=O. The van der Waals surface area contributed by atoms with Crippen molar-refractivity contribution in [3.05, 3.63) is 23.7 Å². The van der Waals surface area contributed by atoms with Crippen molar-refractivity contribution in [2.24, 2.45) is 5.84 Å². The zero-order valence-electron chi connectivity index (χ0n) is 10.9. The van der Waals surface area contributed by atoms with E-state index in [1.807, 2.05) is 0 Å². The molecule has 1 aliphatic heterocycles. The van der Waals surface area contributed by atoms with E-state index in [1.165, 1.54) is 6.26 Å². The molecule has 0 bridgehead atoms. The maximum Gasteiger partial charge on any atom is 0.268 e. The van der Waals surface area contributed by atoms with Gasteiger partial charge in [0.2, 0.25) is 5.91 Å². The Balaban J connectivity index is 2.08. The van der Waals surface area contributed by atoms with Crippen LogP contribution in [0.15, 0.2) is 16.7 Å². The average molecular weight is 265 g/mol. The van der Waals surface area contributed by atoms with Gasteiger partial charge in [0, 0.05) is 13.0 Å². The highest BCUT2D eigenvalue weighted by atomic mass is 16.3. The van der Waals surface area contributed by atoms with E-state index in [0.717, 1.165) is 25.7 Å². The zero-order chi connectivity index (χ0) is 13.7. The Morgan fingerprint density at radius 3 is 2.95 bits per heavy atom. The number of amides is 2. The number of hydrazine groups is 1. The Kier molecular flexibility index (Phi) is 4.57. The fourth-order valence-electron chi connectivity index (χ4n) is 2.30. The van der Waals surface area contributed by atoms with Gasteiger partial charge in [-0.2, -0.15) is 0 Å². The number of hydrogen-bond acceptors (Lipinski definition) is 4. The van der Waals surface area contributed by atoms with Crippen molar-refractivity contribution >= 4 is 11.8 Å². The Labute approximate surface area is 111 Å². The molecule has 3 N–H and O–H groups in total. The van der Waals surface area contributed by atoms with Crippen LogP contribution in [0.25, 0.3) is 0 Å². The molecule has 1 aliphatic rings. The predicted octanol–water partition coefficient (Wildman–Crippen LogP) is 1.18. The van der Waals surface area contributed by atoms with Gasteiger partial charge in [0.25, 0.3) is 5.91 Å². The van der Waals surface area contributed by atoms with Gasteiger partial charge in [-0.3, -0.25) is 15.0 Å². The van der Waals surface area contributed by atoms with Gasteiger partial charge >= 0.3 is 0 Å². The summed E-state index contributed by atoms with van der Waals surface area (Å²) < 4.78 is 5.30. The van der Waals surface area contributed by atoms with Gasteiger partial charge in [-0.05, 0) is 18.9 Å². The van der Waals surface area contributed by atoms with E-state index >= 15 is 0 Å². The van der Waals surface area contributed by atoms with Gasteiger partial charge in [-0.15, -0.1) is 0 Å². The van der Waals surface area contributed by atoms with Crippen LogP contribution in [0, 0.1) is 0 Å². The molecule has 1 aromatic rings. The van der Waals surface area contributed by atoms with Crippen LogP contribution >= 0.6 is 0 Å². The van der Waals surface area contributed by atoms with Crippen LogP contribution in [0.1, 0.15) is 48.2 Å². The first-order valence-corrected chi connectivity index (χ1v) is 6.57. The highest BCUT2D eigenvalue weighted by Gasteiger charge is 2.20. The largest absolute Gasteiger partial charge is 0.467 e. The number of hydrogen-bond donors (Lipinski definition) is 2. The maximum absolute atomic E-state index is 12.0. The van der Waals surface area contributed by atoms with Gasteiger partial charge in [-0.25, -0.2) is 5.84 Å². The molecule has 0 spiro atoms. The van der Waals surface area contributed by atoms with Gasteiger partial charge in [0.1, 0.15) is 5.76 Å². The summed E-state index contributed by atoms with van der Waals surface area (Å²) in [7, 11) is 0. The Hall–Kier alpha value is -1.82. The molecule has 1 fully saturated rings. The summed E-state index contributed by atoms with van der Waals surface area (Å²) in [6, 6.07) is 1.56. The minimum atomic E-state index is -0.400. The molecule has 0 aromatic carbocycles. The first-order chi connectivity index (χ1) is 9.22. The summed E-state index contributed by atoms with van der Waals surface area (Å²) in [6.07, 6.45) is 6.18. The average Bonchev–Trinajstić information content (AvgIpc) is 2.86. The minimum Gasteiger partial charge on any atom is -0.467 e. The van der Waals surface area contributed by atoms with Crippen LogP contribution in [0.4, 0.5) is 0 Å². The van der Waals surface area contributed by atoms with E-state index in [4.69, 9.17) is 10.3 Å². The van der Waals surface area contributed by atoms with Crippen LogP contribution in [0.3, 0.4) is 0 Å². The number of nitrogens with zero attached hydrogens (tertiary/aromatic N) is 1. The molecule has 1 saturated heterocycles. The molecular formula is C13H19N3O3. The molecule has 1 aromatic heterocycles. The van der Waals surface area contributed by atoms with E-state index in [-0.39, 0.29) is 5.91 Å². The lowest BCUT2D eigenvalue weighted by Gasteiger charge is -2.24. The molecule has 0 saturated carbocycles. The second kappa shape index (κ2) is 6.38. The van der Waals surface area contributed by atoms with Crippen molar-refractivity contribution in [2.45, 2.75) is 38.6 Å². The standard InChI is InChI=1S/C13H19N3O3/c14-15-13(18)10-6-8-19-11(10)9-16-7-4-2-1-3-5-12(16)17/h6,8H,1-5,7,9,14H2,(H,15,18). The first-order valence-electron chi connectivity index (χ1n) is 6.57. The summed E-state index contributed by atoms with van der Waals surface area (Å²) in [5.41, 5.74) is 2.46. The summed E-state index contributed by atoms with van der Waals surface area (Å²) in [5.74, 6) is 5.32. The second-order valence-electron chi connectivity index (χ2n) is 4.71. The van der Waals surface area contributed by atoms with Crippen LogP contribution in [0.2, 0.25) is 0 Å². The number of carbonyl (C=O) groups is 2. The Morgan fingerprint density at radius 2 is 2.16 bits per heavy atom. The number of furan rings is 1. The van der Waals surface area contributed by atoms with Crippen LogP contribution in [0.5, 0.6) is 0 Å². The second-order valence-corrected chi connectivity index (χ2v) is 4.71. The fourth-order valence-corrected chi connectivity index (χ4v) is 2.30. The Bertz CT molecular complexity index is 456. The predicted molar refractivity (Wildman–Crippen MR) is 68.9 cm³/mol. The number of likely N-dealkylation sites (tertiary alicyclic amines) is 1. The molecule has 2 amide bonds. The third kappa shape index (κ3) is 3.35. The number of nitrogen functional groups attached to an aromatic ring is 1. The van der Waals surface area contributed by atoms with Gasteiger partial charge in [0.05, 0.1) is 18.4 Å². The quantitative estimate of drug-likeness (QED) is 0.488. The van der Waals surface area contributed by atoms with Gasteiger partial charge in [-0.1, -0.05) is 12.8 Å².